The van der Waals surface area contributed by atoms with Crippen LogP contribution in [0, 0.1) is 5.92 Å². The van der Waals surface area contributed by atoms with Gasteiger partial charge in [0.25, 0.3) is 0 Å². The predicted octanol–water partition coefficient (Wildman–Crippen LogP) is -0.339. The van der Waals surface area contributed by atoms with Gasteiger partial charge in [-0.15, -0.1) is 0 Å². The van der Waals surface area contributed by atoms with Crippen molar-refractivity contribution < 1.29 is 14.3 Å². The highest BCUT2D eigenvalue weighted by atomic mass is 32.1. The largest absolute Gasteiger partial charge is 0.393 e. The molecule has 1 heterocycles. The highest BCUT2D eigenvalue weighted by Crippen LogP contribution is 2.12. The number of nitrogens with two attached hydrogens (primary N) is 1. The van der Waals surface area contributed by atoms with Crippen LogP contribution in [0.15, 0.2) is 0 Å². The Hall–Kier alpha value is -1.21. The zero-order valence-electron chi connectivity index (χ0n) is 11.5. The lowest BCUT2D eigenvalue weighted by molar-refractivity contribution is -0.149. The van der Waals surface area contributed by atoms with Crippen molar-refractivity contribution in [1.29, 1.82) is 0 Å². The van der Waals surface area contributed by atoms with Gasteiger partial charge in [0.2, 0.25) is 11.8 Å². The predicted molar refractivity (Wildman–Crippen MR) is 75.5 cm³/mol. The molecule has 0 saturated carbocycles. The van der Waals surface area contributed by atoms with Crippen molar-refractivity contribution in [3.63, 3.8) is 0 Å². The first kappa shape index (κ1) is 15.8. The molecule has 1 saturated heterocycles. The molecular weight excluding hydrogens is 266 g/mol. The van der Waals surface area contributed by atoms with Gasteiger partial charge in [0.15, 0.2) is 0 Å². The Morgan fingerprint density at radius 1 is 1.42 bits per heavy atom. The highest BCUT2D eigenvalue weighted by molar-refractivity contribution is 7.80. The van der Waals surface area contributed by atoms with E-state index in [1.54, 1.807) is 6.92 Å². The number of rotatable bonds is 4. The second kappa shape index (κ2) is 6.81. The number of carbonyl (C=O) groups is 2. The van der Waals surface area contributed by atoms with Gasteiger partial charge in [0.05, 0.1) is 24.1 Å². The monoisotopic (exact) mass is 287 g/mol. The Morgan fingerprint density at radius 2 is 2.05 bits per heavy atom. The van der Waals surface area contributed by atoms with Crippen LogP contribution in [0.25, 0.3) is 0 Å². The molecule has 1 fully saturated rings. The zero-order chi connectivity index (χ0) is 14.6. The molecule has 2 atom stereocenters. The van der Waals surface area contributed by atoms with E-state index in [-0.39, 0.29) is 29.5 Å². The second-order valence-corrected chi connectivity index (χ2v) is 5.38. The lowest BCUT2D eigenvalue weighted by atomic mass is 10.1. The molecule has 19 heavy (non-hydrogen) atoms. The molecule has 108 valence electrons. The summed E-state index contributed by atoms with van der Waals surface area (Å²) in [6.45, 7) is 6.38. The summed E-state index contributed by atoms with van der Waals surface area (Å²) < 4.78 is 5.29. The third-order valence-electron chi connectivity index (χ3n) is 2.94. The van der Waals surface area contributed by atoms with Crippen molar-refractivity contribution in [3.05, 3.63) is 0 Å². The van der Waals surface area contributed by atoms with Crippen molar-refractivity contribution in [1.82, 2.24) is 10.2 Å². The van der Waals surface area contributed by atoms with Gasteiger partial charge in [-0.2, -0.15) is 0 Å². The number of hydrogen-bond donors (Lipinski definition) is 2. The summed E-state index contributed by atoms with van der Waals surface area (Å²) in [6.07, 6.45) is 0. The van der Waals surface area contributed by atoms with Crippen LogP contribution >= 0.6 is 12.2 Å². The fourth-order valence-corrected chi connectivity index (χ4v) is 1.94. The Bertz CT molecular complexity index is 373. The highest BCUT2D eigenvalue weighted by Gasteiger charge is 2.35. The van der Waals surface area contributed by atoms with Gasteiger partial charge in [0, 0.05) is 12.6 Å². The lowest BCUT2D eigenvalue weighted by Crippen LogP contribution is -2.58. The number of carbonyl (C=O) groups excluding carboxylic acids is 2. The Morgan fingerprint density at radius 3 is 2.58 bits per heavy atom. The minimum absolute atomic E-state index is 0.0133. The summed E-state index contributed by atoms with van der Waals surface area (Å²) in [4.78, 5) is 26.0. The van der Waals surface area contributed by atoms with Gasteiger partial charge in [-0.1, -0.05) is 12.2 Å². The summed E-state index contributed by atoms with van der Waals surface area (Å²) in [6, 6.07) is -0.597. The average Bonchev–Trinajstić information content (AvgIpc) is 2.36. The molecular formula is C12H21N3O3S. The first-order valence-corrected chi connectivity index (χ1v) is 6.73. The van der Waals surface area contributed by atoms with E-state index in [9.17, 15) is 9.59 Å². The maximum absolute atomic E-state index is 12.3. The van der Waals surface area contributed by atoms with Crippen LogP contribution in [0.2, 0.25) is 0 Å². The fourth-order valence-electron chi connectivity index (χ4n) is 1.84. The maximum Gasteiger partial charge on any atom is 0.245 e. The van der Waals surface area contributed by atoms with E-state index in [0.29, 0.717) is 13.2 Å². The molecule has 0 aromatic carbocycles. The molecule has 1 aliphatic heterocycles. The third-order valence-corrected chi connectivity index (χ3v) is 3.30. The topological polar surface area (TPSA) is 84.7 Å². The van der Waals surface area contributed by atoms with Gasteiger partial charge >= 0.3 is 0 Å². The van der Waals surface area contributed by atoms with Gasteiger partial charge in [-0.3, -0.25) is 9.59 Å². The van der Waals surface area contributed by atoms with Crippen molar-refractivity contribution in [2.24, 2.45) is 11.7 Å². The number of ether oxygens (including phenoxy) is 1. The standard InChI is InChI=1S/C12H21N3O3S/c1-7(2)14-11(16)9-6-18-5-4-15(9)12(17)8(3)10(13)19/h7-9H,4-6H2,1-3H3,(H2,13,19)(H,14,16). The summed E-state index contributed by atoms with van der Waals surface area (Å²) in [5, 5.41) is 2.79. The number of nitrogens with zero attached hydrogens (tertiary/aromatic N) is 1. The van der Waals surface area contributed by atoms with E-state index in [2.05, 4.69) is 5.32 Å². The van der Waals surface area contributed by atoms with E-state index in [1.165, 1.54) is 4.90 Å². The Labute approximate surface area is 118 Å². The van der Waals surface area contributed by atoms with Crippen molar-refractivity contribution in [2.75, 3.05) is 19.8 Å². The van der Waals surface area contributed by atoms with Crippen LogP contribution in [0.1, 0.15) is 20.8 Å². The Kier molecular flexibility index (Phi) is 5.68. The SMILES string of the molecule is CC(C)NC(=O)C1COCCN1C(=O)C(C)C(N)=S. The molecule has 0 bridgehead atoms. The van der Waals surface area contributed by atoms with E-state index in [4.69, 9.17) is 22.7 Å². The molecule has 0 aromatic rings. The number of amides is 2. The van der Waals surface area contributed by atoms with Crippen molar-refractivity contribution in [3.8, 4) is 0 Å². The van der Waals surface area contributed by atoms with Crippen LogP contribution in [0.4, 0.5) is 0 Å². The smallest absolute Gasteiger partial charge is 0.245 e. The minimum Gasteiger partial charge on any atom is -0.393 e. The first-order valence-electron chi connectivity index (χ1n) is 6.32. The number of nitrogens with one attached hydrogen (secondary N) is 1. The maximum atomic E-state index is 12.3. The average molecular weight is 287 g/mol. The first-order chi connectivity index (χ1) is 8.84. The van der Waals surface area contributed by atoms with Crippen LogP contribution in [0.5, 0.6) is 0 Å². The number of thiocarbonyl (C=S) groups is 1. The van der Waals surface area contributed by atoms with Crippen LogP contribution in [0.3, 0.4) is 0 Å². The summed E-state index contributed by atoms with van der Waals surface area (Å²) in [7, 11) is 0. The molecule has 0 spiro atoms. The van der Waals surface area contributed by atoms with Crippen LogP contribution in [-0.4, -0.2) is 53.5 Å². The summed E-state index contributed by atoms with van der Waals surface area (Å²) in [5.41, 5.74) is 5.50. The minimum atomic E-state index is -0.611. The molecule has 0 radical (unpaired) electrons. The van der Waals surface area contributed by atoms with E-state index in [0.717, 1.165) is 0 Å². The van der Waals surface area contributed by atoms with Gasteiger partial charge in [-0.05, 0) is 20.8 Å². The van der Waals surface area contributed by atoms with Crippen LogP contribution < -0.4 is 11.1 Å². The molecule has 0 aliphatic carbocycles. The number of hydrogen-bond acceptors (Lipinski definition) is 4. The fraction of sp³-hybridized carbons (Fsp3) is 0.750. The van der Waals surface area contributed by atoms with E-state index < -0.39 is 12.0 Å². The van der Waals surface area contributed by atoms with Gasteiger partial charge < -0.3 is 20.7 Å². The quantitative estimate of drug-likeness (QED) is 0.691. The van der Waals surface area contributed by atoms with Crippen molar-refractivity contribution in [2.45, 2.75) is 32.9 Å². The second-order valence-electron chi connectivity index (χ2n) is 4.91. The summed E-state index contributed by atoms with van der Waals surface area (Å²) >= 11 is 4.84. The molecule has 3 N–H and O–H groups in total. The molecule has 6 nitrogen and oxygen atoms in total. The van der Waals surface area contributed by atoms with Crippen molar-refractivity contribution >= 4 is 29.0 Å². The van der Waals surface area contributed by atoms with Crippen LogP contribution in [-0.2, 0) is 14.3 Å². The molecule has 2 unspecified atom stereocenters. The lowest BCUT2D eigenvalue weighted by Gasteiger charge is -2.36. The molecule has 1 aliphatic rings. The van der Waals surface area contributed by atoms with E-state index in [1.807, 2.05) is 13.8 Å². The van der Waals surface area contributed by atoms with Gasteiger partial charge in [-0.25, -0.2) is 0 Å². The summed E-state index contributed by atoms with van der Waals surface area (Å²) in [5.74, 6) is -1.000. The zero-order valence-corrected chi connectivity index (χ0v) is 12.3. The van der Waals surface area contributed by atoms with E-state index >= 15 is 0 Å². The third kappa shape index (κ3) is 4.14. The molecule has 2 amide bonds. The molecule has 1 rings (SSSR count). The normalized spacial score (nSPS) is 21.1. The Balaban J connectivity index is 2.80. The number of morpholine rings is 1. The molecule has 7 heteroatoms. The van der Waals surface area contributed by atoms with Gasteiger partial charge in [0.1, 0.15) is 6.04 Å². The molecule has 0 aromatic heterocycles.